The molecule has 0 spiro atoms. The molecule has 0 aliphatic carbocycles. The molecule has 0 radical (unpaired) electrons. The van der Waals surface area contributed by atoms with Gasteiger partial charge in [-0.3, -0.25) is 18.7 Å². The molecule has 2 aromatic heterocycles. The van der Waals surface area contributed by atoms with Crippen molar-refractivity contribution < 1.29 is 22.7 Å². The van der Waals surface area contributed by atoms with E-state index < -0.39 is 38.6 Å². The van der Waals surface area contributed by atoms with E-state index in [2.05, 4.69) is 5.32 Å². The third-order valence-electron chi connectivity index (χ3n) is 5.97. The Balaban J connectivity index is 1.54. The maximum Gasteiger partial charge on any atom is 0.338 e. The van der Waals surface area contributed by atoms with E-state index in [-0.39, 0.29) is 28.2 Å². The number of hydrogen-bond donors (Lipinski definition) is 1. The van der Waals surface area contributed by atoms with Crippen LogP contribution in [0.3, 0.4) is 0 Å². The van der Waals surface area contributed by atoms with E-state index in [0.717, 1.165) is 22.2 Å². The number of amides is 1. The normalized spacial score (nSPS) is 11.9. The van der Waals surface area contributed by atoms with Gasteiger partial charge in [-0.25, -0.2) is 18.0 Å². The van der Waals surface area contributed by atoms with Crippen LogP contribution in [-0.4, -0.2) is 41.3 Å². The van der Waals surface area contributed by atoms with Gasteiger partial charge in [0.2, 0.25) is 0 Å². The second-order valence-corrected chi connectivity index (χ2v) is 13.4. The highest BCUT2D eigenvalue weighted by Gasteiger charge is 2.20. The average Bonchev–Trinajstić information content (AvgIpc) is 3.34. The SMILES string of the molecule is Cn1c(=O)n(Cc2ccc(C(=O)OC(C)(C)C)cc2)c(=O)c2cc(C(=O)NCc3ccc(S(C)(=O)=O)cc3)sc21. The molecule has 0 aliphatic rings. The quantitative estimate of drug-likeness (QED) is 0.331. The molecule has 0 bridgehead atoms. The molecule has 0 atom stereocenters. The predicted molar refractivity (Wildman–Crippen MR) is 153 cm³/mol. The van der Waals surface area contributed by atoms with Gasteiger partial charge >= 0.3 is 11.7 Å². The Morgan fingerprint density at radius 3 is 2.15 bits per heavy atom. The Bertz CT molecular complexity index is 1820. The zero-order valence-electron chi connectivity index (χ0n) is 22.7. The molecule has 10 nitrogen and oxygen atoms in total. The minimum Gasteiger partial charge on any atom is -0.456 e. The summed E-state index contributed by atoms with van der Waals surface area (Å²) >= 11 is 1.03. The largest absolute Gasteiger partial charge is 0.456 e. The van der Waals surface area contributed by atoms with Crippen LogP contribution < -0.4 is 16.6 Å². The summed E-state index contributed by atoms with van der Waals surface area (Å²) in [5, 5.41) is 3.00. The number of aromatic nitrogens is 2. The Hall–Kier alpha value is -4.03. The van der Waals surface area contributed by atoms with Gasteiger partial charge in [0, 0.05) is 19.8 Å². The summed E-state index contributed by atoms with van der Waals surface area (Å²) in [6.45, 7) is 5.46. The number of ether oxygens (including phenoxy) is 1. The minimum atomic E-state index is -3.32. The first-order chi connectivity index (χ1) is 18.6. The van der Waals surface area contributed by atoms with Crippen molar-refractivity contribution in [1.29, 1.82) is 0 Å². The summed E-state index contributed by atoms with van der Waals surface area (Å²) in [6, 6.07) is 14.1. The van der Waals surface area contributed by atoms with Crippen LogP contribution in [0.25, 0.3) is 10.2 Å². The zero-order chi connectivity index (χ0) is 29.4. The number of nitrogens with zero attached hydrogens (tertiary/aromatic N) is 2. The summed E-state index contributed by atoms with van der Waals surface area (Å²) < 4.78 is 31.0. The van der Waals surface area contributed by atoms with Gasteiger partial charge < -0.3 is 10.1 Å². The van der Waals surface area contributed by atoms with Gasteiger partial charge in [-0.05, 0) is 62.2 Å². The highest BCUT2D eigenvalue weighted by molar-refractivity contribution is 7.90. The molecule has 0 saturated heterocycles. The first kappa shape index (κ1) is 29.0. The molecule has 40 heavy (non-hydrogen) atoms. The van der Waals surface area contributed by atoms with Crippen LogP contribution in [0.2, 0.25) is 0 Å². The summed E-state index contributed by atoms with van der Waals surface area (Å²) in [7, 11) is -1.78. The van der Waals surface area contributed by atoms with Crippen LogP contribution >= 0.6 is 11.3 Å². The van der Waals surface area contributed by atoms with Gasteiger partial charge in [-0.1, -0.05) is 24.3 Å². The molecular formula is C28H29N3O7S2. The van der Waals surface area contributed by atoms with Crippen molar-refractivity contribution >= 4 is 43.3 Å². The van der Waals surface area contributed by atoms with Crippen molar-refractivity contribution in [1.82, 2.24) is 14.5 Å². The number of aryl methyl sites for hydroxylation is 1. The number of carbonyl (C=O) groups excluding carboxylic acids is 2. The van der Waals surface area contributed by atoms with Crippen LogP contribution in [0.15, 0.2) is 69.1 Å². The van der Waals surface area contributed by atoms with Gasteiger partial charge in [-0.15, -0.1) is 11.3 Å². The lowest BCUT2D eigenvalue weighted by Crippen LogP contribution is -2.38. The smallest absolute Gasteiger partial charge is 0.338 e. The van der Waals surface area contributed by atoms with E-state index in [4.69, 9.17) is 4.74 Å². The van der Waals surface area contributed by atoms with Crippen LogP contribution in [-0.2, 0) is 34.7 Å². The lowest BCUT2D eigenvalue weighted by atomic mass is 10.1. The lowest BCUT2D eigenvalue weighted by Gasteiger charge is -2.19. The first-order valence-corrected chi connectivity index (χ1v) is 15.0. The molecule has 0 unspecified atom stereocenters. The fourth-order valence-corrected chi connectivity index (χ4v) is 5.58. The van der Waals surface area contributed by atoms with Gasteiger partial charge in [0.25, 0.3) is 11.5 Å². The van der Waals surface area contributed by atoms with Crippen LogP contribution in [0, 0.1) is 0 Å². The van der Waals surface area contributed by atoms with Crippen molar-refractivity contribution in [2.75, 3.05) is 6.26 Å². The van der Waals surface area contributed by atoms with Gasteiger partial charge in [0.15, 0.2) is 9.84 Å². The van der Waals surface area contributed by atoms with Gasteiger partial charge in [0.05, 0.1) is 27.3 Å². The molecule has 0 saturated carbocycles. The minimum absolute atomic E-state index is 0.0170. The fourth-order valence-electron chi connectivity index (χ4n) is 3.93. The second-order valence-electron chi connectivity index (χ2n) is 10.4. The van der Waals surface area contributed by atoms with Crippen LogP contribution in [0.4, 0.5) is 0 Å². The Labute approximate surface area is 234 Å². The molecule has 210 valence electrons. The number of fused-ring (bicyclic) bond motifs is 1. The van der Waals surface area contributed by atoms with E-state index in [0.29, 0.717) is 21.5 Å². The van der Waals surface area contributed by atoms with E-state index in [1.807, 2.05) is 0 Å². The number of hydrogen-bond acceptors (Lipinski definition) is 8. The van der Waals surface area contributed by atoms with Crippen molar-refractivity contribution in [3.8, 4) is 0 Å². The molecule has 12 heteroatoms. The maximum atomic E-state index is 13.3. The summed E-state index contributed by atoms with van der Waals surface area (Å²) in [5.74, 6) is -0.895. The molecular weight excluding hydrogens is 554 g/mol. The first-order valence-electron chi connectivity index (χ1n) is 12.3. The molecule has 1 amide bonds. The van der Waals surface area contributed by atoms with E-state index in [9.17, 15) is 27.6 Å². The van der Waals surface area contributed by atoms with Gasteiger partial charge in [0.1, 0.15) is 10.4 Å². The van der Waals surface area contributed by atoms with Crippen LogP contribution in [0.5, 0.6) is 0 Å². The molecule has 2 heterocycles. The monoisotopic (exact) mass is 583 g/mol. The topological polar surface area (TPSA) is 134 Å². The molecule has 0 aliphatic heterocycles. The highest BCUT2D eigenvalue weighted by Crippen LogP contribution is 2.22. The summed E-state index contributed by atoms with van der Waals surface area (Å²) in [6.07, 6.45) is 1.12. The Morgan fingerprint density at radius 2 is 1.57 bits per heavy atom. The summed E-state index contributed by atoms with van der Waals surface area (Å²) in [5.41, 5.74) is 0.00557. The lowest BCUT2D eigenvalue weighted by molar-refractivity contribution is 0.00693. The molecule has 4 aromatic rings. The second kappa shape index (κ2) is 10.9. The summed E-state index contributed by atoms with van der Waals surface area (Å²) in [4.78, 5) is 52.2. The van der Waals surface area contributed by atoms with E-state index >= 15 is 0 Å². The maximum absolute atomic E-state index is 13.3. The van der Waals surface area contributed by atoms with E-state index in [1.165, 1.54) is 29.8 Å². The Morgan fingerprint density at radius 1 is 0.975 bits per heavy atom. The number of benzene rings is 2. The number of thiophene rings is 1. The van der Waals surface area contributed by atoms with Crippen molar-refractivity contribution in [2.24, 2.45) is 7.05 Å². The molecule has 0 fully saturated rings. The predicted octanol–water partition coefficient (Wildman–Crippen LogP) is 3.10. The van der Waals surface area contributed by atoms with Crippen molar-refractivity contribution in [3.63, 3.8) is 0 Å². The zero-order valence-corrected chi connectivity index (χ0v) is 24.3. The van der Waals surface area contributed by atoms with Crippen molar-refractivity contribution in [3.05, 3.63) is 97.0 Å². The van der Waals surface area contributed by atoms with E-state index in [1.54, 1.807) is 57.2 Å². The average molecular weight is 584 g/mol. The third kappa shape index (κ3) is 6.40. The number of sulfone groups is 1. The molecule has 4 rings (SSSR count). The fraction of sp³-hybridized carbons (Fsp3) is 0.286. The standard InChI is InChI=1S/C28H29N3O7S2/c1-28(2,3)38-26(34)19-10-6-18(7-11-19)16-31-24(33)21-14-22(39-25(21)30(4)27(31)35)23(32)29-15-17-8-12-20(13-9-17)40(5,36)37/h6-14H,15-16H2,1-5H3,(H,29,32). The number of nitrogens with one attached hydrogen (secondary N) is 1. The number of rotatable bonds is 7. The molecule has 1 N–H and O–H groups in total. The van der Waals surface area contributed by atoms with Crippen molar-refractivity contribution in [2.45, 2.75) is 44.4 Å². The number of esters is 1. The molecule has 2 aromatic carbocycles. The van der Waals surface area contributed by atoms with Crippen LogP contribution in [0.1, 0.15) is 51.9 Å². The third-order valence-corrected chi connectivity index (χ3v) is 8.31. The Kier molecular flexibility index (Phi) is 7.86. The van der Waals surface area contributed by atoms with Gasteiger partial charge in [-0.2, -0.15) is 0 Å². The highest BCUT2D eigenvalue weighted by atomic mass is 32.2. The number of carbonyl (C=O) groups is 2.